The highest BCUT2D eigenvalue weighted by molar-refractivity contribution is 5.47. The second kappa shape index (κ2) is 10.2. The van der Waals surface area contributed by atoms with E-state index in [9.17, 15) is 5.26 Å². The third-order valence-corrected chi connectivity index (χ3v) is 4.27. The Bertz CT molecular complexity index is 535. The molecule has 5 nitrogen and oxygen atoms in total. The molecule has 0 N–H and O–H groups in total. The molecule has 1 atom stereocenters. The van der Waals surface area contributed by atoms with E-state index in [-0.39, 0.29) is 6.29 Å². The highest BCUT2D eigenvalue weighted by Gasteiger charge is 2.32. The van der Waals surface area contributed by atoms with Crippen molar-refractivity contribution >= 4 is 0 Å². The van der Waals surface area contributed by atoms with E-state index in [1.165, 1.54) is 0 Å². The lowest BCUT2D eigenvalue weighted by atomic mass is 9.75. The van der Waals surface area contributed by atoms with E-state index in [0.29, 0.717) is 44.0 Å². The monoisotopic (exact) mass is 335 g/mol. The van der Waals surface area contributed by atoms with Crippen molar-refractivity contribution in [3.8, 4) is 17.6 Å². The molecule has 0 aliphatic heterocycles. The number of methoxy groups -OCH3 is 2. The maximum atomic E-state index is 9.89. The van der Waals surface area contributed by atoms with E-state index < -0.39 is 5.41 Å². The molecular weight excluding hydrogens is 306 g/mol. The molecule has 0 spiro atoms. The average molecular weight is 335 g/mol. The van der Waals surface area contributed by atoms with Crippen molar-refractivity contribution in [3.05, 3.63) is 23.8 Å². The summed E-state index contributed by atoms with van der Waals surface area (Å²) in [7, 11) is 3.20. The second-order valence-corrected chi connectivity index (χ2v) is 5.50. The van der Waals surface area contributed by atoms with E-state index in [1.54, 1.807) is 14.2 Å². The van der Waals surface area contributed by atoms with Crippen molar-refractivity contribution in [2.45, 2.75) is 51.7 Å². The molecule has 1 unspecified atom stereocenters. The Morgan fingerprint density at radius 1 is 1.04 bits per heavy atom. The first-order valence-electron chi connectivity index (χ1n) is 8.47. The first-order valence-corrected chi connectivity index (χ1v) is 8.47. The van der Waals surface area contributed by atoms with E-state index in [1.807, 2.05) is 39.0 Å². The van der Waals surface area contributed by atoms with Gasteiger partial charge >= 0.3 is 0 Å². The third-order valence-electron chi connectivity index (χ3n) is 4.27. The van der Waals surface area contributed by atoms with Crippen molar-refractivity contribution in [2.24, 2.45) is 0 Å². The summed E-state index contributed by atoms with van der Waals surface area (Å²) in [5.41, 5.74) is 0.323. The fourth-order valence-corrected chi connectivity index (χ4v) is 2.81. The number of hydrogen-bond acceptors (Lipinski definition) is 5. The molecular formula is C19H29NO4. The van der Waals surface area contributed by atoms with Gasteiger partial charge in [0.15, 0.2) is 17.8 Å². The summed E-state index contributed by atoms with van der Waals surface area (Å²) >= 11 is 0. The van der Waals surface area contributed by atoms with Gasteiger partial charge in [-0.15, -0.1) is 0 Å². The maximum Gasteiger partial charge on any atom is 0.161 e. The van der Waals surface area contributed by atoms with Gasteiger partial charge < -0.3 is 18.9 Å². The second-order valence-electron chi connectivity index (χ2n) is 5.50. The fraction of sp³-hybridized carbons (Fsp3) is 0.632. The lowest BCUT2D eigenvalue weighted by Crippen LogP contribution is -2.27. The van der Waals surface area contributed by atoms with Crippen LogP contribution in [0.1, 0.15) is 45.6 Å². The van der Waals surface area contributed by atoms with Crippen LogP contribution in [-0.4, -0.2) is 33.7 Å². The summed E-state index contributed by atoms with van der Waals surface area (Å²) < 4.78 is 21.9. The van der Waals surface area contributed by atoms with Crippen molar-refractivity contribution in [1.29, 1.82) is 5.26 Å². The summed E-state index contributed by atoms with van der Waals surface area (Å²) in [4.78, 5) is 0. The Morgan fingerprint density at radius 3 is 2.12 bits per heavy atom. The molecule has 5 heteroatoms. The summed E-state index contributed by atoms with van der Waals surface area (Å²) in [5.74, 6) is 1.29. The molecule has 134 valence electrons. The number of rotatable bonds is 11. The fourth-order valence-electron chi connectivity index (χ4n) is 2.81. The van der Waals surface area contributed by atoms with Crippen LogP contribution in [0.3, 0.4) is 0 Å². The minimum Gasteiger partial charge on any atom is -0.493 e. The highest BCUT2D eigenvalue weighted by atomic mass is 16.7. The van der Waals surface area contributed by atoms with Crippen molar-refractivity contribution < 1.29 is 18.9 Å². The summed E-state index contributed by atoms with van der Waals surface area (Å²) in [5, 5.41) is 9.89. The quantitative estimate of drug-likeness (QED) is 0.571. The van der Waals surface area contributed by atoms with E-state index in [2.05, 4.69) is 6.07 Å². The van der Waals surface area contributed by atoms with Crippen LogP contribution < -0.4 is 9.47 Å². The first kappa shape index (κ1) is 20.3. The standard InChI is InChI=1S/C19H29NO4/c1-6-19(14-20,12-11-18(23-7-2)24-8-3)15-9-10-16(21-4)17(13-15)22-5/h9-10,13,18H,6-8,11-12H2,1-5H3. The Hall–Kier alpha value is -1.77. The topological polar surface area (TPSA) is 60.7 Å². The number of hydrogen-bond donors (Lipinski definition) is 0. The molecule has 1 aromatic carbocycles. The van der Waals surface area contributed by atoms with Crippen molar-refractivity contribution in [1.82, 2.24) is 0 Å². The van der Waals surface area contributed by atoms with Crippen LogP contribution in [-0.2, 0) is 14.9 Å². The Balaban J connectivity index is 3.05. The first-order chi connectivity index (χ1) is 11.6. The zero-order chi connectivity index (χ0) is 18.0. The lowest BCUT2D eigenvalue weighted by molar-refractivity contribution is -0.141. The lowest BCUT2D eigenvalue weighted by Gasteiger charge is -2.28. The van der Waals surface area contributed by atoms with Crippen LogP contribution in [0.15, 0.2) is 18.2 Å². The Kier molecular flexibility index (Phi) is 8.59. The van der Waals surface area contributed by atoms with Gasteiger partial charge in [-0.1, -0.05) is 13.0 Å². The molecule has 24 heavy (non-hydrogen) atoms. The maximum absolute atomic E-state index is 9.89. The summed E-state index contributed by atoms with van der Waals surface area (Å²) in [6.07, 6.45) is 1.74. The number of ether oxygens (including phenoxy) is 4. The van der Waals surface area contributed by atoms with E-state index in [0.717, 1.165) is 5.56 Å². The average Bonchev–Trinajstić information content (AvgIpc) is 2.62. The smallest absolute Gasteiger partial charge is 0.161 e. The normalized spacial score (nSPS) is 13.4. The van der Waals surface area contributed by atoms with Gasteiger partial charge in [-0.2, -0.15) is 5.26 Å². The molecule has 0 aliphatic rings. The third kappa shape index (κ3) is 4.86. The molecule has 1 aromatic rings. The van der Waals surface area contributed by atoms with Crippen LogP contribution in [0.5, 0.6) is 11.5 Å². The zero-order valence-corrected chi connectivity index (χ0v) is 15.4. The molecule has 0 amide bonds. The van der Waals surface area contributed by atoms with E-state index >= 15 is 0 Å². The molecule has 0 aliphatic carbocycles. The number of benzene rings is 1. The highest BCUT2D eigenvalue weighted by Crippen LogP contribution is 2.38. The summed E-state index contributed by atoms with van der Waals surface area (Å²) in [6.45, 7) is 7.09. The van der Waals surface area contributed by atoms with Crippen LogP contribution in [0.2, 0.25) is 0 Å². The van der Waals surface area contributed by atoms with Gasteiger partial charge in [0.1, 0.15) is 0 Å². The molecule has 0 bridgehead atoms. The van der Waals surface area contributed by atoms with Gasteiger partial charge in [0.2, 0.25) is 0 Å². The molecule has 0 radical (unpaired) electrons. The molecule has 1 rings (SSSR count). The molecule has 0 fully saturated rings. The van der Waals surface area contributed by atoms with E-state index in [4.69, 9.17) is 18.9 Å². The minimum atomic E-state index is -0.605. The predicted molar refractivity (Wildman–Crippen MR) is 93.4 cm³/mol. The molecule has 0 saturated carbocycles. The van der Waals surface area contributed by atoms with Gasteiger partial charge in [0, 0.05) is 19.6 Å². The van der Waals surface area contributed by atoms with Crippen molar-refractivity contribution in [2.75, 3.05) is 27.4 Å². The molecule has 0 saturated heterocycles. The minimum absolute atomic E-state index is 0.278. The zero-order valence-electron chi connectivity index (χ0n) is 15.4. The largest absolute Gasteiger partial charge is 0.493 e. The van der Waals surface area contributed by atoms with Crippen LogP contribution in [0.4, 0.5) is 0 Å². The summed E-state index contributed by atoms with van der Waals surface area (Å²) in [6, 6.07) is 8.17. The molecule has 0 heterocycles. The predicted octanol–water partition coefficient (Wildman–Crippen LogP) is 4.05. The SMILES string of the molecule is CCOC(CCC(C#N)(CC)c1ccc(OC)c(OC)c1)OCC. The van der Waals surface area contributed by atoms with Gasteiger partial charge in [-0.25, -0.2) is 0 Å². The van der Waals surface area contributed by atoms with Gasteiger partial charge in [0.25, 0.3) is 0 Å². The number of nitriles is 1. The number of nitrogens with zero attached hydrogens (tertiary/aromatic N) is 1. The van der Waals surface area contributed by atoms with Gasteiger partial charge in [-0.05, 0) is 44.4 Å². The van der Waals surface area contributed by atoms with Crippen LogP contribution in [0.25, 0.3) is 0 Å². The van der Waals surface area contributed by atoms with Gasteiger partial charge in [-0.3, -0.25) is 0 Å². The van der Waals surface area contributed by atoms with Crippen LogP contribution in [0, 0.1) is 11.3 Å². The van der Waals surface area contributed by atoms with Crippen LogP contribution >= 0.6 is 0 Å². The molecule has 0 aromatic heterocycles. The van der Waals surface area contributed by atoms with Crippen molar-refractivity contribution in [3.63, 3.8) is 0 Å². The Labute approximate surface area is 145 Å². The van der Waals surface area contributed by atoms with Gasteiger partial charge in [0.05, 0.1) is 25.7 Å². The Morgan fingerprint density at radius 2 is 1.67 bits per heavy atom.